The standard InChI is InChI=1S/C23H18F2N4O2/c24-16-10-8-14(9-11-16)19-12-21(27-18-6-3-5-17(25)22(18)23(30)31)29(28-19)20-7-2-1-4-15(20)13-26/h1-12,27H,13,26H2,(H,30,31). The van der Waals surface area contributed by atoms with E-state index in [0.717, 1.165) is 11.6 Å². The quantitative estimate of drug-likeness (QED) is 0.420. The van der Waals surface area contributed by atoms with E-state index in [2.05, 4.69) is 10.4 Å². The Bertz CT molecular complexity index is 1250. The van der Waals surface area contributed by atoms with Crippen molar-refractivity contribution in [3.63, 3.8) is 0 Å². The van der Waals surface area contributed by atoms with Gasteiger partial charge in [-0.25, -0.2) is 18.3 Å². The zero-order valence-electron chi connectivity index (χ0n) is 16.2. The minimum atomic E-state index is -1.40. The van der Waals surface area contributed by atoms with Gasteiger partial charge in [0.1, 0.15) is 23.0 Å². The van der Waals surface area contributed by atoms with Crippen molar-refractivity contribution in [2.45, 2.75) is 6.54 Å². The Labute approximate surface area is 176 Å². The van der Waals surface area contributed by atoms with Crippen LogP contribution in [0.15, 0.2) is 72.8 Å². The van der Waals surface area contributed by atoms with Crippen molar-refractivity contribution in [3.05, 3.63) is 95.6 Å². The SMILES string of the molecule is NCc1ccccc1-n1nc(-c2ccc(F)cc2)cc1Nc1cccc(F)c1C(=O)O. The van der Waals surface area contributed by atoms with Crippen molar-refractivity contribution in [1.29, 1.82) is 0 Å². The van der Waals surface area contributed by atoms with Crippen molar-refractivity contribution in [3.8, 4) is 16.9 Å². The molecule has 8 heteroatoms. The highest BCUT2D eigenvalue weighted by atomic mass is 19.1. The van der Waals surface area contributed by atoms with Crippen molar-refractivity contribution >= 4 is 17.5 Å². The van der Waals surface area contributed by atoms with E-state index in [1.54, 1.807) is 22.9 Å². The Hall–Kier alpha value is -4.04. The van der Waals surface area contributed by atoms with E-state index in [9.17, 15) is 18.7 Å². The Morgan fingerprint density at radius 3 is 2.48 bits per heavy atom. The second-order valence-corrected chi connectivity index (χ2v) is 6.76. The zero-order chi connectivity index (χ0) is 22.0. The molecule has 0 aliphatic heterocycles. The molecule has 3 aromatic carbocycles. The van der Waals surface area contributed by atoms with Gasteiger partial charge in [0.15, 0.2) is 0 Å². The number of para-hydroxylation sites is 1. The van der Waals surface area contributed by atoms with Crippen LogP contribution in [-0.2, 0) is 6.54 Å². The zero-order valence-corrected chi connectivity index (χ0v) is 16.2. The van der Waals surface area contributed by atoms with Gasteiger partial charge in [0, 0.05) is 18.2 Å². The van der Waals surface area contributed by atoms with Crippen LogP contribution in [0.3, 0.4) is 0 Å². The maximum atomic E-state index is 14.2. The molecule has 0 amide bonds. The van der Waals surface area contributed by atoms with Crippen molar-refractivity contribution in [2.75, 3.05) is 5.32 Å². The van der Waals surface area contributed by atoms with Crippen LogP contribution in [0.25, 0.3) is 16.9 Å². The van der Waals surface area contributed by atoms with Gasteiger partial charge in [-0.15, -0.1) is 0 Å². The summed E-state index contributed by atoms with van der Waals surface area (Å²) in [6, 6.07) is 18.8. The molecule has 0 atom stereocenters. The number of aromatic nitrogens is 2. The smallest absolute Gasteiger partial charge is 0.340 e. The molecule has 156 valence electrons. The molecular weight excluding hydrogens is 402 g/mol. The number of hydrogen-bond donors (Lipinski definition) is 3. The number of carbonyl (C=O) groups is 1. The molecule has 4 aromatic rings. The average Bonchev–Trinajstić information content (AvgIpc) is 3.17. The number of nitrogens with one attached hydrogen (secondary N) is 1. The van der Waals surface area contributed by atoms with Crippen LogP contribution in [0.1, 0.15) is 15.9 Å². The normalized spacial score (nSPS) is 10.8. The van der Waals surface area contributed by atoms with E-state index in [4.69, 9.17) is 5.73 Å². The summed E-state index contributed by atoms with van der Waals surface area (Å²) in [6.07, 6.45) is 0. The second kappa shape index (κ2) is 8.37. The molecule has 6 nitrogen and oxygen atoms in total. The number of hydrogen-bond acceptors (Lipinski definition) is 4. The minimum absolute atomic E-state index is 0.0736. The molecule has 0 bridgehead atoms. The van der Waals surface area contributed by atoms with Crippen molar-refractivity contribution < 1.29 is 18.7 Å². The van der Waals surface area contributed by atoms with Gasteiger partial charge in [-0.1, -0.05) is 24.3 Å². The highest BCUT2D eigenvalue weighted by Gasteiger charge is 2.19. The lowest BCUT2D eigenvalue weighted by Crippen LogP contribution is -2.10. The van der Waals surface area contributed by atoms with Gasteiger partial charge in [-0.05, 0) is 48.0 Å². The molecule has 31 heavy (non-hydrogen) atoms. The monoisotopic (exact) mass is 420 g/mol. The number of aromatic carboxylic acids is 1. The summed E-state index contributed by atoms with van der Waals surface area (Å²) in [4.78, 5) is 11.6. The van der Waals surface area contributed by atoms with E-state index < -0.39 is 17.3 Å². The van der Waals surface area contributed by atoms with Crippen LogP contribution in [0.2, 0.25) is 0 Å². The van der Waals surface area contributed by atoms with Crippen molar-refractivity contribution in [1.82, 2.24) is 9.78 Å². The van der Waals surface area contributed by atoms with E-state index in [0.29, 0.717) is 22.8 Å². The first kappa shape index (κ1) is 20.2. The fraction of sp³-hybridized carbons (Fsp3) is 0.0435. The van der Waals surface area contributed by atoms with E-state index in [1.807, 2.05) is 24.3 Å². The number of nitrogens with zero attached hydrogens (tertiary/aromatic N) is 2. The van der Waals surface area contributed by atoms with Gasteiger partial charge in [-0.3, -0.25) is 0 Å². The van der Waals surface area contributed by atoms with E-state index in [-0.39, 0.29) is 18.0 Å². The number of carboxylic acids is 1. The lowest BCUT2D eigenvalue weighted by Gasteiger charge is -2.14. The molecule has 0 aliphatic carbocycles. The number of nitrogens with two attached hydrogens (primary N) is 1. The summed E-state index contributed by atoms with van der Waals surface area (Å²) >= 11 is 0. The van der Waals surface area contributed by atoms with E-state index in [1.165, 1.54) is 24.3 Å². The fourth-order valence-corrected chi connectivity index (χ4v) is 3.29. The summed E-state index contributed by atoms with van der Waals surface area (Å²) in [7, 11) is 0. The largest absolute Gasteiger partial charge is 0.478 e. The number of anilines is 2. The van der Waals surface area contributed by atoms with Crippen LogP contribution < -0.4 is 11.1 Å². The first-order valence-corrected chi connectivity index (χ1v) is 9.41. The Balaban J connectivity index is 1.88. The Morgan fingerprint density at radius 1 is 1.03 bits per heavy atom. The summed E-state index contributed by atoms with van der Waals surface area (Å²) in [5.74, 6) is -2.23. The van der Waals surface area contributed by atoms with Crippen molar-refractivity contribution in [2.24, 2.45) is 5.73 Å². The van der Waals surface area contributed by atoms with Gasteiger partial charge in [0.05, 0.1) is 17.1 Å². The average molecular weight is 420 g/mol. The molecule has 0 unspecified atom stereocenters. The van der Waals surface area contributed by atoms with Gasteiger partial charge < -0.3 is 16.2 Å². The fourth-order valence-electron chi connectivity index (χ4n) is 3.29. The predicted octanol–water partition coefficient (Wildman–Crippen LogP) is 4.72. The first-order valence-electron chi connectivity index (χ1n) is 9.41. The van der Waals surface area contributed by atoms with Crippen LogP contribution >= 0.6 is 0 Å². The summed E-state index contributed by atoms with van der Waals surface area (Å²) in [6.45, 7) is 0.252. The number of carboxylic acid groups (broad SMARTS) is 1. The van der Waals surface area contributed by atoms with Gasteiger partial charge >= 0.3 is 5.97 Å². The molecule has 0 fully saturated rings. The Kier molecular flexibility index (Phi) is 5.46. The molecule has 0 saturated carbocycles. The van der Waals surface area contributed by atoms with Gasteiger partial charge in [-0.2, -0.15) is 5.10 Å². The lowest BCUT2D eigenvalue weighted by molar-refractivity contribution is 0.0693. The summed E-state index contributed by atoms with van der Waals surface area (Å²) in [5, 5.41) is 17.0. The predicted molar refractivity (Wildman–Crippen MR) is 113 cm³/mol. The number of rotatable bonds is 6. The molecule has 0 aliphatic rings. The summed E-state index contributed by atoms with van der Waals surface area (Å²) < 4.78 is 29.1. The lowest BCUT2D eigenvalue weighted by atomic mass is 10.1. The maximum Gasteiger partial charge on any atom is 0.340 e. The maximum absolute atomic E-state index is 14.2. The van der Waals surface area contributed by atoms with Gasteiger partial charge in [0.2, 0.25) is 0 Å². The molecule has 0 radical (unpaired) electrons. The minimum Gasteiger partial charge on any atom is -0.478 e. The third-order valence-corrected chi connectivity index (χ3v) is 4.78. The molecule has 1 heterocycles. The molecular formula is C23H18F2N4O2. The third kappa shape index (κ3) is 4.01. The molecule has 4 N–H and O–H groups in total. The molecule has 0 spiro atoms. The van der Waals surface area contributed by atoms with Crippen LogP contribution in [0.4, 0.5) is 20.3 Å². The molecule has 1 aromatic heterocycles. The first-order chi connectivity index (χ1) is 15.0. The topological polar surface area (TPSA) is 93.2 Å². The van der Waals surface area contributed by atoms with Gasteiger partial charge in [0.25, 0.3) is 0 Å². The second-order valence-electron chi connectivity index (χ2n) is 6.76. The number of benzene rings is 3. The van der Waals surface area contributed by atoms with Crippen LogP contribution in [0.5, 0.6) is 0 Å². The number of halogens is 2. The highest BCUT2D eigenvalue weighted by molar-refractivity contribution is 5.95. The van der Waals surface area contributed by atoms with Crippen LogP contribution in [-0.4, -0.2) is 20.9 Å². The van der Waals surface area contributed by atoms with E-state index >= 15 is 0 Å². The molecule has 0 saturated heterocycles. The molecule has 4 rings (SSSR count). The third-order valence-electron chi connectivity index (χ3n) is 4.78. The highest BCUT2D eigenvalue weighted by Crippen LogP contribution is 2.30. The summed E-state index contributed by atoms with van der Waals surface area (Å²) in [5.41, 5.74) is 8.12. The Morgan fingerprint density at radius 2 is 1.77 bits per heavy atom. The van der Waals surface area contributed by atoms with Crippen LogP contribution in [0, 0.1) is 11.6 Å².